The van der Waals surface area contributed by atoms with Crippen LogP contribution in [-0.4, -0.2) is 13.3 Å². The fourth-order valence-corrected chi connectivity index (χ4v) is 1.87. The Kier molecular flexibility index (Phi) is 3.88. The molecule has 1 fully saturated rings. The number of anilines is 1. The van der Waals surface area contributed by atoms with Gasteiger partial charge in [0.15, 0.2) is 6.73 Å². The monoisotopic (exact) mass is 241 g/mol. The number of hydrogen-bond donors (Lipinski definition) is 0. The van der Waals surface area contributed by atoms with Crippen LogP contribution in [-0.2, 0) is 4.74 Å². The second-order valence-electron chi connectivity index (χ2n) is 4.47. The summed E-state index contributed by atoms with van der Waals surface area (Å²) >= 11 is 0. The number of rotatable bonds is 2. The van der Waals surface area contributed by atoms with Crippen LogP contribution in [0.5, 0.6) is 0 Å². The van der Waals surface area contributed by atoms with E-state index in [1.807, 2.05) is 25.2 Å². The van der Waals surface area contributed by atoms with E-state index in [0.717, 1.165) is 17.9 Å². The number of allylic oxidation sites excluding steroid dienone is 3. The molecule has 0 N–H and O–H groups in total. The van der Waals surface area contributed by atoms with Gasteiger partial charge in [-0.05, 0) is 32.1 Å². The van der Waals surface area contributed by atoms with Crippen LogP contribution in [0.15, 0.2) is 60.4 Å². The molecule has 0 radical (unpaired) electrons. The predicted octanol–water partition coefficient (Wildman–Crippen LogP) is 3.81. The zero-order chi connectivity index (χ0) is 13.0. The molecule has 1 saturated heterocycles. The summed E-state index contributed by atoms with van der Waals surface area (Å²) in [5.74, 6) is 0.886. The highest BCUT2D eigenvalue weighted by Crippen LogP contribution is 2.24. The molecule has 1 aromatic rings. The van der Waals surface area contributed by atoms with Crippen LogP contribution in [0.2, 0.25) is 0 Å². The van der Waals surface area contributed by atoms with E-state index in [1.165, 1.54) is 11.3 Å². The van der Waals surface area contributed by atoms with Gasteiger partial charge in [-0.1, -0.05) is 36.4 Å². The molecule has 0 aliphatic carbocycles. The Labute approximate surface area is 109 Å². The first-order chi connectivity index (χ1) is 8.70. The van der Waals surface area contributed by atoms with Gasteiger partial charge in [-0.15, -0.1) is 0 Å². The Morgan fingerprint density at radius 3 is 2.61 bits per heavy atom. The van der Waals surface area contributed by atoms with Gasteiger partial charge in [0.25, 0.3) is 0 Å². The molecule has 0 spiro atoms. The van der Waals surface area contributed by atoms with Crippen molar-refractivity contribution in [1.29, 1.82) is 0 Å². The van der Waals surface area contributed by atoms with Crippen molar-refractivity contribution in [2.24, 2.45) is 0 Å². The molecule has 1 aromatic carbocycles. The Hall–Kier alpha value is -1.96. The quantitative estimate of drug-likeness (QED) is 0.780. The van der Waals surface area contributed by atoms with Crippen LogP contribution < -0.4 is 4.90 Å². The molecule has 0 unspecified atom stereocenters. The molecule has 0 bridgehead atoms. The van der Waals surface area contributed by atoms with E-state index in [0.29, 0.717) is 6.73 Å². The van der Waals surface area contributed by atoms with E-state index in [4.69, 9.17) is 4.74 Å². The second kappa shape index (κ2) is 5.58. The number of benzene rings is 1. The molecular formula is C16H19NO. The third-order valence-corrected chi connectivity index (χ3v) is 2.95. The number of hydrogen-bond acceptors (Lipinski definition) is 2. The zero-order valence-electron chi connectivity index (χ0n) is 11.0. The molecule has 0 amide bonds. The maximum absolute atomic E-state index is 5.73. The highest BCUT2D eigenvalue weighted by Gasteiger charge is 2.17. The molecule has 1 heterocycles. The zero-order valence-corrected chi connectivity index (χ0v) is 11.0. The van der Waals surface area contributed by atoms with Crippen molar-refractivity contribution in [3.8, 4) is 0 Å². The van der Waals surface area contributed by atoms with Gasteiger partial charge in [0.05, 0.1) is 0 Å². The largest absolute Gasteiger partial charge is 0.473 e. The Balaban J connectivity index is 2.08. The SMILES string of the molecule is C=C1CN(c2ccc(C)cc2)CO/C1=C/C=C\C. The summed E-state index contributed by atoms with van der Waals surface area (Å²) in [6.07, 6.45) is 5.92. The summed E-state index contributed by atoms with van der Waals surface area (Å²) in [6.45, 7) is 9.54. The average molecular weight is 241 g/mol. The molecule has 1 aliphatic heterocycles. The van der Waals surface area contributed by atoms with Gasteiger partial charge in [0.1, 0.15) is 5.76 Å². The van der Waals surface area contributed by atoms with Gasteiger partial charge in [-0.2, -0.15) is 0 Å². The third kappa shape index (κ3) is 2.83. The summed E-state index contributed by atoms with van der Waals surface area (Å²) < 4.78 is 5.73. The van der Waals surface area contributed by atoms with Crippen molar-refractivity contribution in [1.82, 2.24) is 0 Å². The van der Waals surface area contributed by atoms with E-state index in [-0.39, 0.29) is 0 Å². The van der Waals surface area contributed by atoms with Crippen molar-refractivity contribution in [2.75, 3.05) is 18.2 Å². The molecule has 0 saturated carbocycles. The molecule has 2 heteroatoms. The molecule has 2 rings (SSSR count). The fraction of sp³-hybridized carbons (Fsp3) is 0.250. The minimum atomic E-state index is 0.575. The van der Waals surface area contributed by atoms with Crippen molar-refractivity contribution in [3.05, 3.63) is 66.0 Å². The Morgan fingerprint density at radius 2 is 2.00 bits per heavy atom. The molecule has 2 nitrogen and oxygen atoms in total. The number of ether oxygens (including phenoxy) is 1. The van der Waals surface area contributed by atoms with Gasteiger partial charge >= 0.3 is 0 Å². The first kappa shape index (κ1) is 12.5. The molecule has 1 aliphatic rings. The maximum Gasteiger partial charge on any atom is 0.161 e. The molecule has 94 valence electrons. The van der Waals surface area contributed by atoms with Crippen LogP contribution in [0.25, 0.3) is 0 Å². The summed E-state index contributed by atoms with van der Waals surface area (Å²) in [7, 11) is 0. The first-order valence-electron chi connectivity index (χ1n) is 6.16. The van der Waals surface area contributed by atoms with Crippen molar-refractivity contribution in [2.45, 2.75) is 13.8 Å². The van der Waals surface area contributed by atoms with Gasteiger partial charge in [0, 0.05) is 17.8 Å². The minimum Gasteiger partial charge on any atom is -0.473 e. The van der Waals surface area contributed by atoms with Crippen molar-refractivity contribution >= 4 is 5.69 Å². The van der Waals surface area contributed by atoms with E-state index >= 15 is 0 Å². The molecule has 0 aromatic heterocycles. The van der Waals surface area contributed by atoms with Gasteiger partial charge in [-0.25, -0.2) is 0 Å². The maximum atomic E-state index is 5.73. The minimum absolute atomic E-state index is 0.575. The highest BCUT2D eigenvalue weighted by atomic mass is 16.5. The lowest BCUT2D eigenvalue weighted by atomic mass is 10.1. The standard InChI is InChI=1S/C16H19NO/c1-4-5-6-16-14(3)11-17(12-18-16)15-9-7-13(2)8-10-15/h4-10H,3,11-12H2,1-2H3/b5-4-,16-6+. The van der Waals surface area contributed by atoms with E-state index in [1.54, 1.807) is 0 Å². The van der Waals surface area contributed by atoms with E-state index < -0.39 is 0 Å². The average Bonchev–Trinajstić information content (AvgIpc) is 2.38. The summed E-state index contributed by atoms with van der Waals surface area (Å²) in [5.41, 5.74) is 3.45. The van der Waals surface area contributed by atoms with E-state index in [9.17, 15) is 0 Å². The van der Waals surface area contributed by atoms with Crippen LogP contribution in [0, 0.1) is 6.92 Å². The fourth-order valence-electron chi connectivity index (χ4n) is 1.87. The number of nitrogens with zero attached hydrogens (tertiary/aromatic N) is 1. The van der Waals surface area contributed by atoms with Crippen molar-refractivity contribution < 1.29 is 4.74 Å². The lowest BCUT2D eigenvalue weighted by molar-refractivity contribution is 0.202. The highest BCUT2D eigenvalue weighted by molar-refractivity contribution is 5.50. The number of aryl methyl sites for hydroxylation is 1. The summed E-state index contributed by atoms with van der Waals surface area (Å²) in [5, 5.41) is 0. The molecule has 0 atom stereocenters. The van der Waals surface area contributed by atoms with Gasteiger partial charge in [-0.3, -0.25) is 0 Å². The Morgan fingerprint density at radius 1 is 1.28 bits per heavy atom. The lowest BCUT2D eigenvalue weighted by Gasteiger charge is -2.32. The summed E-state index contributed by atoms with van der Waals surface area (Å²) in [6, 6.07) is 8.46. The second-order valence-corrected chi connectivity index (χ2v) is 4.47. The van der Waals surface area contributed by atoms with E-state index in [2.05, 4.69) is 42.7 Å². The predicted molar refractivity (Wildman–Crippen MR) is 76.5 cm³/mol. The molecule has 18 heavy (non-hydrogen) atoms. The van der Waals surface area contributed by atoms with Crippen LogP contribution in [0.3, 0.4) is 0 Å². The first-order valence-corrected chi connectivity index (χ1v) is 6.16. The topological polar surface area (TPSA) is 12.5 Å². The van der Waals surface area contributed by atoms with Crippen LogP contribution >= 0.6 is 0 Å². The molecular weight excluding hydrogens is 222 g/mol. The van der Waals surface area contributed by atoms with Gasteiger partial charge in [0.2, 0.25) is 0 Å². The lowest BCUT2D eigenvalue weighted by Crippen LogP contribution is -2.33. The smallest absolute Gasteiger partial charge is 0.161 e. The Bertz CT molecular complexity index is 482. The normalized spacial score (nSPS) is 18.4. The summed E-state index contributed by atoms with van der Waals surface area (Å²) in [4.78, 5) is 2.18. The van der Waals surface area contributed by atoms with Crippen LogP contribution in [0.1, 0.15) is 12.5 Å². The van der Waals surface area contributed by atoms with Gasteiger partial charge < -0.3 is 9.64 Å². The van der Waals surface area contributed by atoms with Crippen LogP contribution in [0.4, 0.5) is 5.69 Å². The third-order valence-electron chi connectivity index (χ3n) is 2.95. The van der Waals surface area contributed by atoms with Crippen molar-refractivity contribution in [3.63, 3.8) is 0 Å².